The first-order chi connectivity index (χ1) is 17.8. The Morgan fingerprint density at radius 1 is 1.24 bits per heavy atom. The second-order valence-electron chi connectivity index (χ2n) is 10.3. The Labute approximate surface area is 219 Å². The number of hydrogen-bond donors (Lipinski definition) is 1. The highest BCUT2D eigenvalue weighted by Gasteiger charge is 2.53. The van der Waals surface area contributed by atoms with Crippen molar-refractivity contribution >= 4 is 29.4 Å². The van der Waals surface area contributed by atoms with Crippen molar-refractivity contribution in [2.75, 3.05) is 11.4 Å². The molecule has 1 saturated heterocycles. The van der Waals surface area contributed by atoms with E-state index in [1.165, 1.54) is 0 Å². The lowest BCUT2D eigenvalue weighted by Gasteiger charge is -2.36. The Bertz CT molecular complexity index is 1440. The summed E-state index contributed by atoms with van der Waals surface area (Å²) in [5.74, 6) is 1.24. The van der Waals surface area contributed by atoms with E-state index < -0.39 is 0 Å². The zero-order valence-electron chi connectivity index (χ0n) is 20.6. The van der Waals surface area contributed by atoms with Crippen LogP contribution in [0.25, 0.3) is 0 Å². The van der Waals surface area contributed by atoms with Crippen molar-refractivity contribution < 1.29 is 9.59 Å². The van der Waals surface area contributed by atoms with Crippen LogP contribution in [-0.4, -0.2) is 44.1 Å². The SMILES string of the molecule is Cc1nn(C(C)c2cnc(N3C[C@H]4C[C@H]4C3=O)nc2)cc1C(=O)N[C@H]1C[C@@H](c2cc(Cl)ccc2C#N)C1. The number of rotatable bonds is 6. The van der Waals surface area contributed by atoms with Gasteiger partial charge in [0.25, 0.3) is 5.91 Å². The van der Waals surface area contributed by atoms with Crippen LogP contribution >= 0.6 is 11.6 Å². The lowest BCUT2D eigenvalue weighted by atomic mass is 9.74. The summed E-state index contributed by atoms with van der Waals surface area (Å²) >= 11 is 6.13. The van der Waals surface area contributed by atoms with Crippen LogP contribution in [0.5, 0.6) is 0 Å². The molecule has 9 nitrogen and oxygen atoms in total. The molecular formula is C27H26ClN7O2. The number of nitrogens with zero attached hydrogens (tertiary/aromatic N) is 6. The number of carbonyl (C=O) groups excluding carboxylic acids is 2. The van der Waals surface area contributed by atoms with Crippen molar-refractivity contribution in [3.8, 4) is 6.07 Å². The minimum absolute atomic E-state index is 0.0310. The lowest BCUT2D eigenvalue weighted by Crippen LogP contribution is -2.43. The highest BCUT2D eigenvalue weighted by atomic mass is 35.5. The Morgan fingerprint density at radius 2 is 2.00 bits per heavy atom. The third-order valence-electron chi connectivity index (χ3n) is 7.91. The predicted octanol–water partition coefficient (Wildman–Crippen LogP) is 3.77. The van der Waals surface area contributed by atoms with Crippen molar-refractivity contribution in [3.63, 3.8) is 0 Å². The molecule has 0 bridgehead atoms. The van der Waals surface area contributed by atoms with Crippen LogP contribution in [0.15, 0.2) is 36.8 Å². The van der Waals surface area contributed by atoms with E-state index in [0.717, 1.165) is 30.4 Å². The first-order valence-corrected chi connectivity index (χ1v) is 12.9. The third-order valence-corrected chi connectivity index (χ3v) is 8.15. The van der Waals surface area contributed by atoms with Gasteiger partial charge in [-0.25, -0.2) is 9.97 Å². The number of halogens is 1. The lowest BCUT2D eigenvalue weighted by molar-refractivity contribution is -0.118. The van der Waals surface area contributed by atoms with Crippen LogP contribution in [0, 0.1) is 30.1 Å². The summed E-state index contributed by atoms with van der Waals surface area (Å²) in [5, 5.41) is 17.7. The molecule has 3 fully saturated rings. The molecule has 1 aliphatic heterocycles. The molecule has 2 saturated carbocycles. The number of nitrogens with one attached hydrogen (secondary N) is 1. The fourth-order valence-corrected chi connectivity index (χ4v) is 5.61. The molecular weight excluding hydrogens is 490 g/mol. The van der Waals surface area contributed by atoms with E-state index in [1.807, 2.05) is 19.9 Å². The summed E-state index contributed by atoms with van der Waals surface area (Å²) in [5.41, 5.74) is 3.58. The van der Waals surface area contributed by atoms with E-state index in [-0.39, 0.29) is 35.7 Å². The smallest absolute Gasteiger partial charge is 0.254 e. The summed E-state index contributed by atoms with van der Waals surface area (Å²) in [6.07, 6.45) is 7.71. The predicted molar refractivity (Wildman–Crippen MR) is 136 cm³/mol. The number of aromatic nitrogens is 4. The van der Waals surface area contributed by atoms with Gasteiger partial charge in [-0.2, -0.15) is 10.4 Å². The molecule has 1 N–H and O–H groups in total. The summed E-state index contributed by atoms with van der Waals surface area (Å²) in [7, 11) is 0. The van der Waals surface area contributed by atoms with Crippen LogP contribution in [0.1, 0.15) is 70.9 Å². The number of anilines is 1. The topological polar surface area (TPSA) is 117 Å². The minimum atomic E-state index is -0.183. The molecule has 3 aromatic rings. The highest BCUT2D eigenvalue weighted by Crippen LogP contribution is 2.46. The molecule has 6 rings (SSSR count). The maximum Gasteiger partial charge on any atom is 0.254 e. The molecule has 3 aliphatic rings. The summed E-state index contributed by atoms with van der Waals surface area (Å²) in [4.78, 5) is 35.8. The van der Waals surface area contributed by atoms with Gasteiger partial charge in [0.15, 0.2) is 0 Å². The first-order valence-electron chi connectivity index (χ1n) is 12.5. The van der Waals surface area contributed by atoms with Gasteiger partial charge < -0.3 is 5.32 Å². The number of amides is 2. The van der Waals surface area contributed by atoms with Crippen LogP contribution in [0.3, 0.4) is 0 Å². The number of carbonyl (C=O) groups is 2. The molecule has 1 aromatic carbocycles. The number of aryl methyl sites for hydroxylation is 1. The van der Waals surface area contributed by atoms with Gasteiger partial charge in [-0.15, -0.1) is 0 Å². The van der Waals surface area contributed by atoms with Crippen LogP contribution in [-0.2, 0) is 4.79 Å². The number of fused-ring (bicyclic) bond motifs is 1. The van der Waals surface area contributed by atoms with Gasteiger partial charge in [0, 0.05) is 47.7 Å². The molecule has 3 heterocycles. The zero-order chi connectivity index (χ0) is 25.8. The van der Waals surface area contributed by atoms with E-state index in [9.17, 15) is 14.9 Å². The van der Waals surface area contributed by atoms with E-state index in [1.54, 1.807) is 40.3 Å². The van der Waals surface area contributed by atoms with E-state index >= 15 is 0 Å². The van der Waals surface area contributed by atoms with Crippen molar-refractivity contribution in [3.05, 3.63) is 69.8 Å². The Hall–Kier alpha value is -3.77. The molecule has 3 atom stereocenters. The van der Waals surface area contributed by atoms with E-state index in [0.29, 0.717) is 40.3 Å². The zero-order valence-corrected chi connectivity index (χ0v) is 21.3. The minimum Gasteiger partial charge on any atom is -0.349 e. The fraction of sp³-hybridized carbons (Fsp3) is 0.407. The first kappa shape index (κ1) is 23.6. The molecule has 2 aromatic heterocycles. The monoisotopic (exact) mass is 515 g/mol. The molecule has 2 amide bonds. The molecule has 188 valence electrons. The normalized spacial score (nSPS) is 24.7. The molecule has 10 heteroatoms. The Morgan fingerprint density at radius 3 is 2.68 bits per heavy atom. The molecule has 0 radical (unpaired) electrons. The van der Waals surface area contributed by atoms with Gasteiger partial charge >= 0.3 is 0 Å². The number of piperidine rings is 1. The standard InChI is InChI=1S/C27H26ClN7O2/c1-14-24(25(36)32-21-5-17(6-21)22-8-20(28)4-3-16(22)9-29)13-35(33-14)15(2)19-10-30-27(31-11-19)34-12-18-7-23(18)26(34)37/h3-4,8,10-11,13,15,17-18,21,23H,5-7,12H2,1-2H3,(H,32,36)/t15?,17-,18-,21+,23-/m1/s1. The van der Waals surface area contributed by atoms with Gasteiger partial charge in [0.1, 0.15) is 0 Å². The van der Waals surface area contributed by atoms with Gasteiger partial charge in [-0.05, 0) is 68.7 Å². The van der Waals surface area contributed by atoms with E-state index in [4.69, 9.17) is 11.6 Å². The molecule has 2 aliphatic carbocycles. The second kappa shape index (κ2) is 8.96. The Kier molecular flexibility index (Phi) is 5.72. The maximum absolute atomic E-state index is 13.0. The summed E-state index contributed by atoms with van der Waals surface area (Å²) in [6, 6.07) is 7.39. The van der Waals surface area contributed by atoms with Gasteiger partial charge in [0.05, 0.1) is 28.9 Å². The molecule has 37 heavy (non-hydrogen) atoms. The van der Waals surface area contributed by atoms with Crippen LogP contribution < -0.4 is 10.2 Å². The van der Waals surface area contributed by atoms with Crippen LogP contribution in [0.2, 0.25) is 5.02 Å². The van der Waals surface area contributed by atoms with Crippen LogP contribution in [0.4, 0.5) is 5.95 Å². The quantitative estimate of drug-likeness (QED) is 0.534. The van der Waals surface area contributed by atoms with Crippen molar-refractivity contribution in [2.24, 2.45) is 11.8 Å². The third kappa shape index (κ3) is 4.25. The maximum atomic E-state index is 13.0. The van der Waals surface area contributed by atoms with Crippen molar-refractivity contribution in [1.29, 1.82) is 5.26 Å². The number of nitriles is 1. The van der Waals surface area contributed by atoms with Gasteiger partial charge in [-0.3, -0.25) is 19.2 Å². The van der Waals surface area contributed by atoms with Crippen molar-refractivity contribution in [2.45, 2.75) is 51.1 Å². The second-order valence-corrected chi connectivity index (χ2v) is 10.8. The summed E-state index contributed by atoms with van der Waals surface area (Å²) < 4.78 is 1.74. The average molecular weight is 516 g/mol. The largest absolute Gasteiger partial charge is 0.349 e. The summed E-state index contributed by atoms with van der Waals surface area (Å²) in [6.45, 7) is 4.49. The number of hydrogen-bond acceptors (Lipinski definition) is 6. The van der Waals surface area contributed by atoms with E-state index in [2.05, 4.69) is 26.5 Å². The average Bonchev–Trinajstić information content (AvgIpc) is 3.43. The van der Waals surface area contributed by atoms with Crippen molar-refractivity contribution in [1.82, 2.24) is 25.1 Å². The Balaban J connectivity index is 1.09. The molecule has 1 unspecified atom stereocenters. The van der Waals surface area contributed by atoms with Gasteiger partial charge in [-0.1, -0.05) is 11.6 Å². The van der Waals surface area contributed by atoms with Gasteiger partial charge in [0.2, 0.25) is 11.9 Å². The molecule has 0 spiro atoms. The highest BCUT2D eigenvalue weighted by molar-refractivity contribution is 6.30. The number of benzene rings is 1. The fourth-order valence-electron chi connectivity index (χ4n) is 5.42.